The van der Waals surface area contributed by atoms with Gasteiger partial charge in [-0.3, -0.25) is 4.79 Å². The molecular weight excluding hydrogens is 384 g/mol. The molecule has 0 radical (unpaired) electrons. The highest BCUT2D eigenvalue weighted by atomic mass is 79.9. The number of amides is 1. The average molecular weight is 409 g/mol. The topological polar surface area (TPSA) is 42.0 Å². The number of thiazole rings is 1. The molecule has 4 atom stereocenters. The van der Waals surface area contributed by atoms with E-state index in [4.69, 9.17) is 0 Å². The second kappa shape index (κ2) is 5.54. The number of carbonyl (C=O) groups is 1. The highest BCUT2D eigenvalue weighted by Gasteiger charge is 2.57. The summed E-state index contributed by atoms with van der Waals surface area (Å²) in [6, 6.07) is 0. The van der Waals surface area contributed by atoms with Crippen LogP contribution in [0.5, 0.6) is 0 Å². The van der Waals surface area contributed by atoms with Gasteiger partial charge in [0.25, 0.3) is 0 Å². The third kappa shape index (κ3) is 2.76. The fourth-order valence-electron chi connectivity index (χ4n) is 6.45. The number of aryl methyl sites for hydroxylation is 2. The summed E-state index contributed by atoms with van der Waals surface area (Å²) in [6.45, 7) is 0. The van der Waals surface area contributed by atoms with Gasteiger partial charge in [0.15, 0.2) is 5.13 Å². The molecule has 1 amide bonds. The lowest BCUT2D eigenvalue weighted by atomic mass is 9.48. The first-order valence-corrected chi connectivity index (χ1v) is 11.1. The van der Waals surface area contributed by atoms with Crippen molar-refractivity contribution in [3.63, 3.8) is 0 Å². The monoisotopic (exact) mass is 408 g/mol. The number of hydrogen-bond acceptors (Lipinski definition) is 3. The first kappa shape index (κ1) is 15.8. The number of fused-ring (bicyclic) bond motifs is 1. The number of halogens is 1. The molecule has 1 heterocycles. The van der Waals surface area contributed by atoms with Gasteiger partial charge in [-0.1, -0.05) is 15.9 Å². The second-order valence-electron chi connectivity index (χ2n) is 8.93. The molecule has 1 aromatic heterocycles. The van der Waals surface area contributed by atoms with Gasteiger partial charge in [0.05, 0.1) is 5.69 Å². The first-order chi connectivity index (χ1) is 11.5. The predicted molar refractivity (Wildman–Crippen MR) is 101 cm³/mol. The molecule has 5 heteroatoms. The van der Waals surface area contributed by atoms with E-state index in [2.05, 4.69) is 26.2 Å². The number of nitrogens with zero attached hydrogens (tertiary/aromatic N) is 1. The fourth-order valence-corrected chi connectivity index (χ4v) is 9.03. The molecule has 4 fully saturated rings. The van der Waals surface area contributed by atoms with Gasteiger partial charge in [0, 0.05) is 15.6 Å². The molecule has 3 nitrogen and oxygen atoms in total. The van der Waals surface area contributed by atoms with Gasteiger partial charge in [-0.05, 0) is 81.5 Å². The van der Waals surface area contributed by atoms with Crippen LogP contribution in [0.2, 0.25) is 0 Å². The first-order valence-electron chi connectivity index (χ1n) is 9.48. The highest BCUT2D eigenvalue weighted by Crippen LogP contribution is 2.65. The minimum atomic E-state index is 0.194. The van der Waals surface area contributed by atoms with Crippen LogP contribution in [-0.4, -0.2) is 15.2 Å². The van der Waals surface area contributed by atoms with Gasteiger partial charge in [-0.25, -0.2) is 4.98 Å². The molecule has 4 saturated carbocycles. The van der Waals surface area contributed by atoms with Gasteiger partial charge >= 0.3 is 0 Å². The molecule has 0 saturated heterocycles. The molecule has 24 heavy (non-hydrogen) atoms. The Hall–Kier alpha value is -0.420. The van der Waals surface area contributed by atoms with Crippen molar-refractivity contribution in [2.75, 3.05) is 5.32 Å². The Bertz CT molecular complexity index is 647. The lowest BCUT2D eigenvalue weighted by molar-refractivity contribution is -0.123. The molecule has 5 aliphatic carbocycles. The van der Waals surface area contributed by atoms with E-state index in [1.165, 1.54) is 61.9 Å². The second-order valence-corrected chi connectivity index (χ2v) is 11.7. The van der Waals surface area contributed by atoms with Gasteiger partial charge in [0.2, 0.25) is 5.91 Å². The SMILES string of the molecule is O=C(CC12C[C@@H]3C[C@@H](CC(Br)(C3)C1)C2)Nc1nc2c(s1)CCCC2. The van der Waals surface area contributed by atoms with E-state index in [1.807, 2.05) is 0 Å². The summed E-state index contributed by atoms with van der Waals surface area (Å²) in [4.78, 5) is 18.8. The Morgan fingerprint density at radius 3 is 2.67 bits per heavy atom. The van der Waals surface area contributed by atoms with Gasteiger partial charge in [-0.15, -0.1) is 11.3 Å². The Kier molecular flexibility index (Phi) is 3.65. The van der Waals surface area contributed by atoms with Crippen LogP contribution >= 0.6 is 27.3 Å². The van der Waals surface area contributed by atoms with E-state index < -0.39 is 0 Å². The number of aromatic nitrogens is 1. The van der Waals surface area contributed by atoms with Crippen LogP contribution < -0.4 is 5.32 Å². The van der Waals surface area contributed by atoms with Gasteiger partial charge in [0.1, 0.15) is 0 Å². The maximum atomic E-state index is 12.8. The number of alkyl halides is 1. The Morgan fingerprint density at radius 2 is 1.96 bits per heavy atom. The van der Waals surface area contributed by atoms with Crippen LogP contribution in [0, 0.1) is 17.3 Å². The molecule has 1 N–H and O–H groups in total. The number of carbonyl (C=O) groups excluding carboxylic acids is 1. The van der Waals surface area contributed by atoms with E-state index in [9.17, 15) is 4.79 Å². The molecule has 2 unspecified atom stereocenters. The fraction of sp³-hybridized carbons (Fsp3) is 0.789. The molecular formula is C19H25BrN2OS. The van der Waals surface area contributed by atoms with E-state index in [0.717, 1.165) is 29.8 Å². The lowest BCUT2D eigenvalue weighted by Gasteiger charge is -2.60. The molecule has 0 aliphatic heterocycles. The Balaban J connectivity index is 1.29. The van der Waals surface area contributed by atoms with Crippen LogP contribution in [0.3, 0.4) is 0 Å². The molecule has 130 valence electrons. The van der Waals surface area contributed by atoms with E-state index in [0.29, 0.717) is 10.7 Å². The van der Waals surface area contributed by atoms with Crippen molar-refractivity contribution in [2.24, 2.45) is 17.3 Å². The summed E-state index contributed by atoms with van der Waals surface area (Å²) in [5.41, 5.74) is 1.48. The maximum Gasteiger partial charge on any atom is 0.226 e. The zero-order chi connectivity index (χ0) is 16.4. The number of hydrogen-bond donors (Lipinski definition) is 1. The molecule has 1 aromatic rings. The summed E-state index contributed by atoms with van der Waals surface area (Å²) in [7, 11) is 0. The third-order valence-corrected chi connectivity index (χ3v) is 8.74. The molecule has 6 rings (SSSR count). The summed E-state index contributed by atoms with van der Waals surface area (Å²) < 4.78 is 0.331. The quantitative estimate of drug-likeness (QED) is 0.707. The normalized spacial score (nSPS) is 39.7. The van der Waals surface area contributed by atoms with Crippen molar-refractivity contribution in [2.45, 2.75) is 75.0 Å². The summed E-state index contributed by atoms with van der Waals surface area (Å²) in [5, 5.41) is 3.98. The van der Waals surface area contributed by atoms with Crippen molar-refractivity contribution in [1.82, 2.24) is 4.98 Å². The minimum absolute atomic E-state index is 0.194. The smallest absolute Gasteiger partial charge is 0.226 e. The van der Waals surface area contributed by atoms with Crippen LogP contribution in [0.15, 0.2) is 0 Å². The van der Waals surface area contributed by atoms with E-state index >= 15 is 0 Å². The van der Waals surface area contributed by atoms with Crippen molar-refractivity contribution in [3.05, 3.63) is 10.6 Å². The molecule has 5 aliphatic rings. The number of anilines is 1. The lowest BCUT2D eigenvalue weighted by Crippen LogP contribution is -2.53. The van der Waals surface area contributed by atoms with Crippen molar-refractivity contribution in [3.8, 4) is 0 Å². The third-order valence-electron chi connectivity index (χ3n) is 6.74. The van der Waals surface area contributed by atoms with Gasteiger partial charge in [-0.2, -0.15) is 0 Å². The average Bonchev–Trinajstić information content (AvgIpc) is 2.85. The molecule has 4 bridgehead atoms. The van der Waals surface area contributed by atoms with Crippen LogP contribution in [-0.2, 0) is 17.6 Å². The Labute approximate surface area is 156 Å². The molecule has 0 aromatic carbocycles. The largest absolute Gasteiger partial charge is 0.302 e. The highest BCUT2D eigenvalue weighted by molar-refractivity contribution is 9.10. The number of nitrogens with one attached hydrogen (secondary N) is 1. The zero-order valence-electron chi connectivity index (χ0n) is 14.1. The van der Waals surface area contributed by atoms with Crippen LogP contribution in [0.4, 0.5) is 5.13 Å². The minimum Gasteiger partial charge on any atom is -0.302 e. The van der Waals surface area contributed by atoms with Crippen molar-refractivity contribution < 1.29 is 4.79 Å². The molecule has 0 spiro atoms. The van der Waals surface area contributed by atoms with E-state index in [1.54, 1.807) is 11.3 Å². The van der Waals surface area contributed by atoms with Crippen LogP contribution in [0.25, 0.3) is 0 Å². The van der Waals surface area contributed by atoms with Crippen LogP contribution in [0.1, 0.15) is 68.4 Å². The maximum absolute atomic E-state index is 12.8. The van der Waals surface area contributed by atoms with Crippen molar-refractivity contribution in [1.29, 1.82) is 0 Å². The van der Waals surface area contributed by atoms with Crippen molar-refractivity contribution >= 4 is 38.3 Å². The predicted octanol–water partition coefficient (Wildman–Crippen LogP) is 5.08. The standard InChI is InChI=1S/C19H25BrN2OS/c20-19-8-12-5-13(9-19)7-18(6-12,11-19)10-16(23)22-17-21-14-3-1-2-4-15(14)24-17/h12-13H,1-11H2,(H,21,22,23)/t12-,13+,18?,19?. The Morgan fingerprint density at radius 1 is 1.21 bits per heavy atom. The summed E-state index contributed by atoms with van der Waals surface area (Å²) >= 11 is 5.75. The van der Waals surface area contributed by atoms with Gasteiger partial charge < -0.3 is 5.32 Å². The number of rotatable bonds is 3. The summed E-state index contributed by atoms with van der Waals surface area (Å²) in [6.07, 6.45) is 13.2. The zero-order valence-corrected chi connectivity index (χ0v) is 16.5. The van der Waals surface area contributed by atoms with E-state index in [-0.39, 0.29) is 11.3 Å². The summed E-state index contributed by atoms with van der Waals surface area (Å²) in [5.74, 6) is 1.87.